The van der Waals surface area contributed by atoms with Gasteiger partial charge in [-0.1, -0.05) is 18.2 Å². The van der Waals surface area contributed by atoms with Crippen LogP contribution in [0.5, 0.6) is 0 Å². The summed E-state index contributed by atoms with van der Waals surface area (Å²) in [4.78, 5) is 16.7. The van der Waals surface area contributed by atoms with Crippen molar-refractivity contribution in [2.45, 2.75) is 27.4 Å². The zero-order valence-corrected chi connectivity index (χ0v) is 12.1. The molecule has 0 amide bonds. The lowest BCUT2D eigenvalue weighted by Gasteiger charge is -2.13. The summed E-state index contributed by atoms with van der Waals surface area (Å²) >= 11 is 0. The van der Waals surface area contributed by atoms with Crippen LogP contribution in [0.4, 0.5) is 0 Å². The quantitative estimate of drug-likeness (QED) is 0.785. The van der Waals surface area contributed by atoms with Gasteiger partial charge in [0.15, 0.2) is 0 Å². The van der Waals surface area contributed by atoms with Gasteiger partial charge in [-0.2, -0.15) is 0 Å². The molecular formula is C16H19NO3. The van der Waals surface area contributed by atoms with E-state index in [1.165, 1.54) is 0 Å². The third kappa shape index (κ3) is 2.80. The first-order chi connectivity index (χ1) is 9.69. The zero-order chi connectivity index (χ0) is 14.5. The molecule has 0 fully saturated rings. The van der Waals surface area contributed by atoms with Crippen molar-refractivity contribution in [1.29, 1.82) is 0 Å². The summed E-state index contributed by atoms with van der Waals surface area (Å²) in [5, 5.41) is 0.968. The largest absolute Gasteiger partial charge is 0.462 e. The molecule has 0 aliphatic carbocycles. The number of para-hydroxylation sites is 1. The number of hydrogen-bond donors (Lipinski definition) is 0. The molecule has 0 unspecified atom stereocenters. The summed E-state index contributed by atoms with van der Waals surface area (Å²) in [5.41, 5.74) is 2.93. The van der Waals surface area contributed by atoms with E-state index < -0.39 is 0 Å². The van der Waals surface area contributed by atoms with Crippen LogP contribution in [0.25, 0.3) is 10.9 Å². The molecule has 1 heterocycles. The lowest BCUT2D eigenvalue weighted by atomic mass is 10.0. The molecule has 4 nitrogen and oxygen atoms in total. The number of nitrogens with zero attached hydrogens (tertiary/aromatic N) is 1. The average Bonchev–Trinajstić information content (AvgIpc) is 2.45. The Labute approximate surface area is 118 Å². The van der Waals surface area contributed by atoms with Gasteiger partial charge in [0.2, 0.25) is 0 Å². The topological polar surface area (TPSA) is 48.4 Å². The first-order valence-electron chi connectivity index (χ1n) is 6.82. The Morgan fingerprint density at radius 3 is 2.65 bits per heavy atom. The predicted octanol–water partition coefficient (Wildman–Crippen LogP) is 3.26. The molecule has 106 valence electrons. The molecule has 0 saturated heterocycles. The van der Waals surface area contributed by atoms with E-state index in [0.29, 0.717) is 31.1 Å². The van der Waals surface area contributed by atoms with Gasteiger partial charge >= 0.3 is 5.97 Å². The van der Waals surface area contributed by atoms with E-state index in [2.05, 4.69) is 4.98 Å². The molecule has 0 N–H and O–H groups in total. The molecule has 4 heteroatoms. The van der Waals surface area contributed by atoms with Crippen molar-refractivity contribution in [1.82, 2.24) is 4.98 Å². The molecule has 0 aliphatic heterocycles. The Bertz CT molecular complexity index is 622. The molecule has 0 aliphatic rings. The van der Waals surface area contributed by atoms with Crippen molar-refractivity contribution in [2.24, 2.45) is 0 Å². The van der Waals surface area contributed by atoms with Crippen molar-refractivity contribution in [3.63, 3.8) is 0 Å². The van der Waals surface area contributed by atoms with E-state index in [-0.39, 0.29) is 5.97 Å². The Balaban J connectivity index is 2.60. The summed E-state index contributed by atoms with van der Waals surface area (Å²) in [6, 6.07) is 7.77. The highest BCUT2D eigenvalue weighted by Crippen LogP contribution is 2.24. The highest BCUT2D eigenvalue weighted by Gasteiger charge is 2.19. The second kappa shape index (κ2) is 6.48. The fourth-order valence-corrected chi connectivity index (χ4v) is 2.22. The molecule has 0 spiro atoms. The molecule has 1 aromatic heterocycles. The third-order valence-electron chi connectivity index (χ3n) is 3.15. The van der Waals surface area contributed by atoms with Crippen LogP contribution in [-0.4, -0.2) is 24.2 Å². The number of benzene rings is 1. The number of aryl methyl sites for hydroxylation is 1. The normalized spacial score (nSPS) is 10.8. The molecule has 0 atom stereocenters. The minimum Gasteiger partial charge on any atom is -0.462 e. The van der Waals surface area contributed by atoms with Gasteiger partial charge in [0.05, 0.1) is 30.0 Å². The lowest BCUT2D eigenvalue weighted by Crippen LogP contribution is -2.13. The average molecular weight is 273 g/mol. The van der Waals surface area contributed by atoms with Crippen LogP contribution in [0.2, 0.25) is 0 Å². The van der Waals surface area contributed by atoms with Gasteiger partial charge in [-0.25, -0.2) is 9.78 Å². The summed E-state index contributed by atoms with van der Waals surface area (Å²) in [6.07, 6.45) is 0. The number of rotatable bonds is 5. The van der Waals surface area contributed by atoms with Gasteiger partial charge in [0, 0.05) is 12.0 Å². The minimum absolute atomic E-state index is 0.316. The number of aromatic nitrogens is 1. The SMILES string of the molecule is CCOCc1nc2ccccc2c(C)c1C(=O)OCC. The molecule has 2 aromatic rings. The Kier molecular flexibility index (Phi) is 4.69. The Morgan fingerprint density at radius 1 is 1.20 bits per heavy atom. The predicted molar refractivity (Wildman–Crippen MR) is 77.8 cm³/mol. The summed E-state index contributed by atoms with van der Waals surface area (Å²) in [6.45, 7) is 6.87. The van der Waals surface area contributed by atoms with E-state index in [9.17, 15) is 4.79 Å². The van der Waals surface area contributed by atoms with E-state index in [1.807, 2.05) is 38.1 Å². The monoisotopic (exact) mass is 273 g/mol. The number of hydrogen-bond acceptors (Lipinski definition) is 4. The van der Waals surface area contributed by atoms with Crippen molar-refractivity contribution in [3.05, 3.63) is 41.1 Å². The molecule has 0 bridgehead atoms. The summed E-state index contributed by atoms with van der Waals surface area (Å²) in [5.74, 6) is -0.335. The molecular weight excluding hydrogens is 254 g/mol. The van der Waals surface area contributed by atoms with Crippen LogP contribution in [0.3, 0.4) is 0 Å². The highest BCUT2D eigenvalue weighted by atomic mass is 16.5. The first-order valence-corrected chi connectivity index (χ1v) is 6.82. The summed E-state index contributed by atoms with van der Waals surface area (Å²) in [7, 11) is 0. The molecule has 0 radical (unpaired) electrons. The fourth-order valence-electron chi connectivity index (χ4n) is 2.22. The first kappa shape index (κ1) is 14.5. The number of carbonyl (C=O) groups excluding carboxylic acids is 1. The maximum atomic E-state index is 12.2. The number of esters is 1. The van der Waals surface area contributed by atoms with Crippen LogP contribution in [0.15, 0.2) is 24.3 Å². The van der Waals surface area contributed by atoms with Crippen LogP contribution in [0.1, 0.15) is 35.5 Å². The number of pyridine rings is 1. The van der Waals surface area contributed by atoms with Crippen molar-refractivity contribution < 1.29 is 14.3 Å². The van der Waals surface area contributed by atoms with Crippen molar-refractivity contribution in [3.8, 4) is 0 Å². The standard InChI is InChI=1S/C16H19NO3/c1-4-19-10-14-15(16(18)20-5-2)11(3)12-8-6-7-9-13(12)17-14/h6-9H,4-5,10H2,1-3H3. The van der Waals surface area contributed by atoms with E-state index >= 15 is 0 Å². The zero-order valence-electron chi connectivity index (χ0n) is 12.1. The molecule has 2 rings (SSSR count). The number of carbonyl (C=O) groups is 1. The smallest absolute Gasteiger partial charge is 0.340 e. The van der Waals surface area contributed by atoms with E-state index in [0.717, 1.165) is 16.5 Å². The van der Waals surface area contributed by atoms with Gasteiger partial charge in [0.25, 0.3) is 0 Å². The highest BCUT2D eigenvalue weighted by molar-refractivity contribution is 5.98. The van der Waals surface area contributed by atoms with Crippen LogP contribution < -0.4 is 0 Å². The lowest BCUT2D eigenvalue weighted by molar-refractivity contribution is 0.0517. The van der Waals surface area contributed by atoms with Crippen LogP contribution in [-0.2, 0) is 16.1 Å². The summed E-state index contributed by atoms with van der Waals surface area (Å²) < 4.78 is 10.6. The van der Waals surface area contributed by atoms with Crippen LogP contribution >= 0.6 is 0 Å². The number of fused-ring (bicyclic) bond motifs is 1. The molecule has 20 heavy (non-hydrogen) atoms. The van der Waals surface area contributed by atoms with Crippen molar-refractivity contribution in [2.75, 3.05) is 13.2 Å². The number of ether oxygens (including phenoxy) is 2. The molecule has 1 aromatic carbocycles. The van der Waals surface area contributed by atoms with Gasteiger partial charge in [-0.15, -0.1) is 0 Å². The van der Waals surface area contributed by atoms with Gasteiger partial charge in [-0.05, 0) is 32.4 Å². The van der Waals surface area contributed by atoms with E-state index in [4.69, 9.17) is 9.47 Å². The second-order valence-electron chi connectivity index (χ2n) is 4.43. The second-order valence-corrected chi connectivity index (χ2v) is 4.43. The minimum atomic E-state index is -0.335. The molecule has 0 saturated carbocycles. The maximum Gasteiger partial charge on any atom is 0.340 e. The fraction of sp³-hybridized carbons (Fsp3) is 0.375. The van der Waals surface area contributed by atoms with Gasteiger partial charge < -0.3 is 9.47 Å². The van der Waals surface area contributed by atoms with Gasteiger partial charge in [-0.3, -0.25) is 0 Å². The third-order valence-corrected chi connectivity index (χ3v) is 3.15. The van der Waals surface area contributed by atoms with E-state index in [1.54, 1.807) is 6.92 Å². The van der Waals surface area contributed by atoms with Crippen LogP contribution in [0, 0.1) is 6.92 Å². The van der Waals surface area contributed by atoms with Crippen molar-refractivity contribution >= 4 is 16.9 Å². The Hall–Kier alpha value is -1.94. The maximum absolute atomic E-state index is 12.2. The Morgan fingerprint density at radius 2 is 1.95 bits per heavy atom. The van der Waals surface area contributed by atoms with Gasteiger partial charge in [0.1, 0.15) is 0 Å².